The van der Waals surface area contributed by atoms with Crippen LogP contribution in [-0.2, 0) is 28.9 Å². The quantitative estimate of drug-likeness (QED) is 0.659. The van der Waals surface area contributed by atoms with Gasteiger partial charge in [0.25, 0.3) is 0 Å². The van der Waals surface area contributed by atoms with Crippen molar-refractivity contribution in [3.05, 3.63) is 11.6 Å². The van der Waals surface area contributed by atoms with E-state index >= 15 is 0 Å². The average molecular weight is 457 g/mol. The van der Waals surface area contributed by atoms with E-state index in [1.165, 1.54) is 12.8 Å². The van der Waals surface area contributed by atoms with Crippen molar-refractivity contribution < 1.29 is 41.0 Å². The number of hydrogen-bond donors (Lipinski definition) is 2. The van der Waals surface area contributed by atoms with Crippen LogP contribution in [0.4, 0.5) is 26.3 Å². The van der Waals surface area contributed by atoms with E-state index in [9.17, 15) is 31.1 Å². The minimum atomic E-state index is -5.08. The molecule has 0 aromatic carbocycles. The van der Waals surface area contributed by atoms with Crippen molar-refractivity contribution in [1.29, 1.82) is 0 Å². The van der Waals surface area contributed by atoms with Crippen molar-refractivity contribution in [2.75, 3.05) is 19.6 Å². The molecular formula is C17H21F6N5O3. The molecule has 0 radical (unpaired) electrons. The molecule has 0 unspecified atom stereocenters. The summed E-state index contributed by atoms with van der Waals surface area (Å²) >= 11 is 0. The number of halogens is 6. The maximum absolute atomic E-state index is 12.9. The number of piperidine rings is 1. The molecule has 14 heteroatoms. The summed E-state index contributed by atoms with van der Waals surface area (Å²) in [4.78, 5) is 23.5. The van der Waals surface area contributed by atoms with Crippen LogP contribution < -0.4 is 5.32 Å². The largest absolute Gasteiger partial charge is 0.490 e. The van der Waals surface area contributed by atoms with Crippen molar-refractivity contribution in [1.82, 2.24) is 25.0 Å². The maximum atomic E-state index is 12.9. The Hall–Kier alpha value is -2.38. The first-order valence-corrected chi connectivity index (χ1v) is 9.68. The smallest absolute Gasteiger partial charge is 0.475 e. The Labute approximate surface area is 172 Å². The predicted molar refractivity (Wildman–Crippen MR) is 91.3 cm³/mol. The van der Waals surface area contributed by atoms with Crippen molar-refractivity contribution in [3.8, 4) is 0 Å². The molecule has 2 aliphatic heterocycles. The molecule has 174 valence electrons. The molecule has 1 aliphatic carbocycles. The van der Waals surface area contributed by atoms with E-state index in [1.54, 1.807) is 4.90 Å². The lowest BCUT2D eigenvalue weighted by Gasteiger charge is -2.36. The van der Waals surface area contributed by atoms with Crippen LogP contribution in [-0.4, -0.2) is 62.5 Å². The van der Waals surface area contributed by atoms with Crippen molar-refractivity contribution in [3.63, 3.8) is 0 Å². The Morgan fingerprint density at radius 1 is 1.03 bits per heavy atom. The predicted octanol–water partition coefficient (Wildman–Crippen LogP) is 1.91. The third-order valence-electron chi connectivity index (χ3n) is 5.63. The van der Waals surface area contributed by atoms with Crippen molar-refractivity contribution in [2.24, 2.45) is 17.8 Å². The van der Waals surface area contributed by atoms with Crippen LogP contribution in [0.2, 0.25) is 0 Å². The van der Waals surface area contributed by atoms with Crippen LogP contribution in [0.1, 0.15) is 30.9 Å². The number of carboxylic acid groups (broad SMARTS) is 1. The first-order valence-electron chi connectivity index (χ1n) is 9.68. The van der Waals surface area contributed by atoms with Gasteiger partial charge in [-0.15, -0.1) is 10.2 Å². The SMILES string of the molecule is O=C(O)C(F)(F)F.O=C([C@@H]1CCNC[C@@H]1C1CC1)N1CCn2c(nnc2C(F)(F)F)C1. The van der Waals surface area contributed by atoms with Crippen LogP contribution in [0.15, 0.2) is 0 Å². The number of amides is 1. The number of aromatic nitrogens is 3. The van der Waals surface area contributed by atoms with Gasteiger partial charge in [0.05, 0.1) is 6.54 Å². The molecule has 31 heavy (non-hydrogen) atoms. The van der Waals surface area contributed by atoms with Gasteiger partial charge in [0.2, 0.25) is 11.7 Å². The number of nitrogens with zero attached hydrogens (tertiary/aromatic N) is 4. The van der Waals surface area contributed by atoms with E-state index in [0.29, 0.717) is 11.8 Å². The van der Waals surface area contributed by atoms with Crippen molar-refractivity contribution >= 4 is 11.9 Å². The molecule has 3 aliphatic rings. The normalized spacial score (nSPS) is 24.1. The first-order chi connectivity index (χ1) is 14.4. The second-order valence-corrected chi connectivity index (χ2v) is 7.75. The van der Waals surface area contributed by atoms with Crippen LogP contribution in [0.25, 0.3) is 0 Å². The highest BCUT2D eigenvalue weighted by Crippen LogP contribution is 2.43. The second-order valence-electron chi connectivity index (χ2n) is 7.75. The van der Waals surface area contributed by atoms with Crippen LogP contribution in [0.5, 0.6) is 0 Å². The second kappa shape index (κ2) is 8.63. The molecule has 0 spiro atoms. The molecule has 2 N–H and O–H groups in total. The Morgan fingerprint density at radius 2 is 1.68 bits per heavy atom. The average Bonchev–Trinajstić information content (AvgIpc) is 3.44. The number of carbonyl (C=O) groups is 2. The van der Waals surface area contributed by atoms with Crippen molar-refractivity contribution in [2.45, 2.75) is 44.7 Å². The molecule has 1 amide bonds. The van der Waals surface area contributed by atoms with Gasteiger partial charge in [0, 0.05) is 19.0 Å². The lowest BCUT2D eigenvalue weighted by molar-refractivity contribution is -0.192. The molecule has 3 heterocycles. The number of alkyl halides is 6. The van der Waals surface area contributed by atoms with Gasteiger partial charge >= 0.3 is 18.3 Å². The Balaban J connectivity index is 0.000000339. The highest BCUT2D eigenvalue weighted by Gasteiger charge is 2.44. The van der Waals surface area contributed by atoms with Crippen LogP contribution in [0, 0.1) is 17.8 Å². The molecular weight excluding hydrogens is 436 g/mol. The van der Waals surface area contributed by atoms with Gasteiger partial charge in [0.15, 0.2) is 5.82 Å². The van der Waals surface area contributed by atoms with E-state index in [4.69, 9.17) is 9.90 Å². The summed E-state index contributed by atoms with van der Waals surface area (Å²) in [6, 6.07) is 0. The standard InChI is InChI=1S/C15H20F3N5O.C2HF3O2/c16-15(17,18)14-21-20-12-8-22(5-6-23(12)14)13(24)10-3-4-19-7-11(10)9-1-2-9;3-2(4,5)1(6)7/h9-11,19H,1-8H2;(H,6,7)/t10-,11-;/m1./s1. The van der Waals surface area contributed by atoms with E-state index < -0.39 is 24.1 Å². The first kappa shape index (κ1) is 23.3. The number of rotatable bonds is 2. The van der Waals surface area contributed by atoms with E-state index in [1.807, 2.05) is 0 Å². The molecule has 1 aromatic rings. The van der Waals surface area contributed by atoms with E-state index in [0.717, 1.165) is 24.1 Å². The number of fused-ring (bicyclic) bond motifs is 1. The van der Waals surface area contributed by atoms with Gasteiger partial charge in [-0.05, 0) is 44.2 Å². The van der Waals surface area contributed by atoms with Gasteiger partial charge in [-0.1, -0.05) is 0 Å². The minimum Gasteiger partial charge on any atom is -0.475 e. The Bertz CT molecular complexity index is 820. The van der Waals surface area contributed by atoms with E-state index in [2.05, 4.69) is 15.5 Å². The molecule has 2 atom stereocenters. The van der Waals surface area contributed by atoms with Crippen LogP contribution >= 0.6 is 0 Å². The number of hydrogen-bond acceptors (Lipinski definition) is 5. The Kier molecular flexibility index (Phi) is 6.48. The lowest BCUT2D eigenvalue weighted by Crippen LogP contribution is -2.49. The van der Waals surface area contributed by atoms with Crippen LogP contribution in [0.3, 0.4) is 0 Å². The molecule has 2 fully saturated rings. The fourth-order valence-electron chi connectivity index (χ4n) is 4.00. The topological polar surface area (TPSA) is 100 Å². The summed E-state index contributed by atoms with van der Waals surface area (Å²) in [6.07, 6.45) is -6.43. The molecule has 1 saturated carbocycles. The highest BCUT2D eigenvalue weighted by molar-refractivity contribution is 5.79. The zero-order valence-electron chi connectivity index (χ0n) is 16.2. The fraction of sp³-hybridized carbons (Fsp3) is 0.765. The molecule has 1 aromatic heterocycles. The van der Waals surface area contributed by atoms with Gasteiger partial charge in [-0.2, -0.15) is 26.3 Å². The fourth-order valence-corrected chi connectivity index (χ4v) is 4.00. The van der Waals surface area contributed by atoms with Gasteiger partial charge in [-0.3, -0.25) is 4.79 Å². The number of nitrogens with one attached hydrogen (secondary N) is 1. The summed E-state index contributed by atoms with van der Waals surface area (Å²) < 4.78 is 71.5. The highest BCUT2D eigenvalue weighted by atomic mass is 19.4. The Morgan fingerprint density at radius 3 is 2.23 bits per heavy atom. The zero-order chi connectivity index (χ0) is 23.0. The van der Waals surface area contributed by atoms with Gasteiger partial charge in [-0.25, -0.2) is 4.79 Å². The molecule has 1 saturated heterocycles. The monoisotopic (exact) mass is 457 g/mol. The number of aliphatic carboxylic acids is 1. The summed E-state index contributed by atoms with van der Waals surface area (Å²) in [5, 5.41) is 17.4. The van der Waals surface area contributed by atoms with Gasteiger partial charge < -0.3 is 19.9 Å². The number of carboxylic acids is 1. The molecule has 8 nitrogen and oxygen atoms in total. The molecule has 4 rings (SSSR count). The maximum Gasteiger partial charge on any atom is 0.490 e. The third kappa shape index (κ3) is 5.46. The summed E-state index contributed by atoms with van der Waals surface area (Å²) in [5.74, 6) is -2.48. The summed E-state index contributed by atoms with van der Waals surface area (Å²) in [7, 11) is 0. The molecule has 0 bridgehead atoms. The summed E-state index contributed by atoms with van der Waals surface area (Å²) in [5.41, 5.74) is 0. The van der Waals surface area contributed by atoms with Gasteiger partial charge in [0.1, 0.15) is 0 Å². The summed E-state index contributed by atoms with van der Waals surface area (Å²) in [6.45, 7) is 2.19. The lowest BCUT2D eigenvalue weighted by atomic mass is 9.82. The third-order valence-corrected chi connectivity index (χ3v) is 5.63. The minimum absolute atomic E-state index is 0.0182. The van der Waals surface area contributed by atoms with E-state index in [-0.39, 0.29) is 37.3 Å². The number of carbonyl (C=O) groups excluding carboxylic acids is 1. The zero-order valence-corrected chi connectivity index (χ0v) is 16.2.